The quantitative estimate of drug-likeness (QED) is 0.833. The number of nitrogens with zero attached hydrogens (tertiary/aromatic N) is 2. The van der Waals surface area contributed by atoms with Gasteiger partial charge in [-0.1, -0.05) is 18.2 Å². The maximum absolute atomic E-state index is 12.3. The SMILES string of the molecule is C[C@H]1Cc2ccccc2N1C(=O)NCCCN(C)S(C)(=O)=O. The Hall–Kier alpha value is -1.60. The molecule has 0 aliphatic carbocycles. The highest BCUT2D eigenvalue weighted by Gasteiger charge is 2.30. The number of benzene rings is 1. The number of carbonyl (C=O) groups excluding carboxylic acids is 1. The van der Waals surface area contributed by atoms with Crippen molar-refractivity contribution in [3.63, 3.8) is 0 Å². The van der Waals surface area contributed by atoms with Gasteiger partial charge in [0.2, 0.25) is 10.0 Å². The minimum absolute atomic E-state index is 0.126. The molecular weight excluding hydrogens is 302 g/mol. The van der Waals surface area contributed by atoms with E-state index in [-0.39, 0.29) is 12.1 Å². The Kier molecular flexibility index (Phi) is 5.08. The van der Waals surface area contributed by atoms with E-state index in [0.717, 1.165) is 12.1 Å². The van der Waals surface area contributed by atoms with Crippen LogP contribution in [0.2, 0.25) is 0 Å². The molecule has 122 valence electrons. The fraction of sp³-hybridized carbons (Fsp3) is 0.533. The summed E-state index contributed by atoms with van der Waals surface area (Å²) in [6.07, 6.45) is 2.62. The molecule has 1 N–H and O–H groups in total. The second-order valence-corrected chi connectivity index (χ2v) is 7.81. The van der Waals surface area contributed by atoms with E-state index in [1.54, 1.807) is 4.90 Å². The second-order valence-electron chi connectivity index (χ2n) is 5.72. The summed E-state index contributed by atoms with van der Waals surface area (Å²) in [5, 5.41) is 2.87. The molecule has 1 atom stereocenters. The van der Waals surface area contributed by atoms with E-state index in [4.69, 9.17) is 0 Å². The Labute approximate surface area is 132 Å². The molecular formula is C15H23N3O3S. The molecule has 1 aromatic carbocycles. The molecule has 0 aromatic heterocycles. The fourth-order valence-corrected chi connectivity index (χ4v) is 3.08. The molecule has 2 amide bonds. The molecule has 7 heteroatoms. The largest absolute Gasteiger partial charge is 0.338 e. The van der Waals surface area contributed by atoms with Crippen molar-refractivity contribution in [3.8, 4) is 0 Å². The zero-order chi connectivity index (χ0) is 16.3. The summed E-state index contributed by atoms with van der Waals surface area (Å²) in [7, 11) is -1.62. The Bertz CT molecular complexity index is 645. The van der Waals surface area contributed by atoms with Crippen LogP contribution in [-0.4, -0.2) is 51.2 Å². The van der Waals surface area contributed by atoms with E-state index in [0.29, 0.717) is 19.5 Å². The number of para-hydroxylation sites is 1. The first-order valence-electron chi connectivity index (χ1n) is 7.37. The number of sulfonamides is 1. The third kappa shape index (κ3) is 3.78. The summed E-state index contributed by atoms with van der Waals surface area (Å²) in [5.74, 6) is 0. The maximum Gasteiger partial charge on any atom is 0.322 e. The molecule has 0 saturated carbocycles. The molecule has 0 fully saturated rings. The fourth-order valence-electron chi connectivity index (χ4n) is 2.62. The van der Waals surface area contributed by atoms with E-state index in [1.807, 2.05) is 31.2 Å². The first kappa shape index (κ1) is 16.8. The van der Waals surface area contributed by atoms with Crippen LogP contribution in [0.5, 0.6) is 0 Å². The smallest absolute Gasteiger partial charge is 0.322 e. The van der Waals surface area contributed by atoms with Crippen LogP contribution in [0, 0.1) is 0 Å². The van der Waals surface area contributed by atoms with Gasteiger partial charge in [-0.2, -0.15) is 0 Å². The van der Waals surface area contributed by atoms with Gasteiger partial charge in [0.15, 0.2) is 0 Å². The van der Waals surface area contributed by atoms with E-state index < -0.39 is 10.0 Å². The average molecular weight is 325 g/mol. The topological polar surface area (TPSA) is 69.7 Å². The van der Waals surface area contributed by atoms with Gasteiger partial charge in [0.25, 0.3) is 0 Å². The molecule has 1 aliphatic rings. The van der Waals surface area contributed by atoms with E-state index >= 15 is 0 Å². The van der Waals surface area contributed by atoms with Crippen molar-refractivity contribution in [1.82, 2.24) is 9.62 Å². The van der Waals surface area contributed by atoms with Gasteiger partial charge in [-0.3, -0.25) is 4.90 Å². The molecule has 0 bridgehead atoms. The number of hydrogen-bond donors (Lipinski definition) is 1. The Balaban J connectivity index is 1.86. The summed E-state index contributed by atoms with van der Waals surface area (Å²) in [6.45, 7) is 2.87. The lowest BCUT2D eigenvalue weighted by molar-refractivity contribution is 0.244. The molecule has 1 aliphatic heterocycles. The van der Waals surface area contributed by atoms with Gasteiger partial charge in [-0.15, -0.1) is 0 Å². The van der Waals surface area contributed by atoms with Gasteiger partial charge in [-0.25, -0.2) is 17.5 Å². The normalized spacial score (nSPS) is 17.6. The maximum atomic E-state index is 12.3. The minimum Gasteiger partial charge on any atom is -0.338 e. The second kappa shape index (κ2) is 6.66. The number of amides is 2. The van der Waals surface area contributed by atoms with Crippen LogP contribution in [0.3, 0.4) is 0 Å². The van der Waals surface area contributed by atoms with Crippen LogP contribution in [0.4, 0.5) is 10.5 Å². The summed E-state index contributed by atoms with van der Waals surface area (Å²) < 4.78 is 23.8. The summed E-state index contributed by atoms with van der Waals surface area (Å²) in [5.41, 5.74) is 2.14. The predicted octanol–water partition coefficient (Wildman–Crippen LogP) is 1.43. The highest BCUT2D eigenvalue weighted by molar-refractivity contribution is 7.88. The number of urea groups is 1. The molecule has 22 heavy (non-hydrogen) atoms. The van der Waals surface area contributed by atoms with Gasteiger partial charge in [-0.05, 0) is 31.4 Å². The van der Waals surface area contributed by atoms with E-state index in [9.17, 15) is 13.2 Å². The average Bonchev–Trinajstić information content (AvgIpc) is 2.77. The third-order valence-electron chi connectivity index (χ3n) is 3.92. The van der Waals surface area contributed by atoms with Gasteiger partial charge >= 0.3 is 6.03 Å². The molecule has 2 rings (SSSR count). The number of hydrogen-bond acceptors (Lipinski definition) is 3. The highest BCUT2D eigenvalue weighted by atomic mass is 32.2. The minimum atomic E-state index is -3.16. The van der Waals surface area contributed by atoms with Crippen molar-refractivity contribution >= 4 is 21.7 Å². The Morgan fingerprint density at radius 3 is 2.77 bits per heavy atom. The van der Waals surface area contributed by atoms with Crippen LogP contribution in [0.15, 0.2) is 24.3 Å². The molecule has 0 radical (unpaired) electrons. The monoisotopic (exact) mass is 325 g/mol. The lowest BCUT2D eigenvalue weighted by Crippen LogP contribution is -2.44. The summed E-state index contributed by atoms with van der Waals surface area (Å²) in [4.78, 5) is 14.1. The first-order chi connectivity index (χ1) is 10.3. The summed E-state index contributed by atoms with van der Waals surface area (Å²) >= 11 is 0. The lowest BCUT2D eigenvalue weighted by atomic mass is 10.1. The number of anilines is 1. The molecule has 0 spiro atoms. The number of fused-ring (bicyclic) bond motifs is 1. The van der Waals surface area contributed by atoms with Crippen LogP contribution in [-0.2, 0) is 16.4 Å². The standard InChI is InChI=1S/C15H23N3O3S/c1-12-11-13-7-4-5-8-14(13)18(12)15(19)16-9-6-10-17(2)22(3,20)21/h4-5,7-8,12H,6,9-11H2,1-3H3,(H,16,19)/t12-/m0/s1. The van der Waals surface area contributed by atoms with Crippen molar-refractivity contribution in [2.24, 2.45) is 0 Å². The van der Waals surface area contributed by atoms with Crippen molar-refractivity contribution in [3.05, 3.63) is 29.8 Å². The molecule has 0 unspecified atom stereocenters. The predicted molar refractivity (Wildman–Crippen MR) is 87.6 cm³/mol. The van der Waals surface area contributed by atoms with E-state index in [2.05, 4.69) is 5.32 Å². The third-order valence-corrected chi connectivity index (χ3v) is 5.23. The molecule has 6 nitrogen and oxygen atoms in total. The lowest BCUT2D eigenvalue weighted by Gasteiger charge is -2.23. The van der Waals surface area contributed by atoms with Crippen LogP contribution >= 0.6 is 0 Å². The number of carbonyl (C=O) groups is 1. The van der Waals surface area contributed by atoms with Crippen LogP contribution < -0.4 is 10.2 Å². The Morgan fingerprint density at radius 1 is 1.41 bits per heavy atom. The van der Waals surface area contributed by atoms with Crippen molar-refractivity contribution < 1.29 is 13.2 Å². The van der Waals surface area contributed by atoms with Crippen LogP contribution in [0.25, 0.3) is 0 Å². The Morgan fingerprint density at radius 2 is 2.09 bits per heavy atom. The van der Waals surface area contributed by atoms with Gasteiger partial charge in [0.1, 0.15) is 0 Å². The highest BCUT2D eigenvalue weighted by Crippen LogP contribution is 2.31. The molecule has 1 heterocycles. The first-order valence-corrected chi connectivity index (χ1v) is 9.22. The van der Waals surface area contributed by atoms with Crippen molar-refractivity contribution in [1.29, 1.82) is 0 Å². The van der Waals surface area contributed by atoms with Crippen LogP contribution in [0.1, 0.15) is 18.9 Å². The zero-order valence-corrected chi connectivity index (χ0v) is 14.1. The van der Waals surface area contributed by atoms with Gasteiger partial charge in [0, 0.05) is 31.9 Å². The van der Waals surface area contributed by atoms with E-state index in [1.165, 1.54) is 23.2 Å². The van der Waals surface area contributed by atoms with Crippen molar-refractivity contribution in [2.75, 3.05) is 31.3 Å². The van der Waals surface area contributed by atoms with Crippen molar-refractivity contribution in [2.45, 2.75) is 25.8 Å². The molecule has 1 aromatic rings. The van der Waals surface area contributed by atoms with Gasteiger partial charge in [0.05, 0.1) is 6.26 Å². The number of rotatable bonds is 5. The zero-order valence-electron chi connectivity index (χ0n) is 13.2. The summed E-state index contributed by atoms with van der Waals surface area (Å²) in [6, 6.07) is 7.91. The number of nitrogens with one attached hydrogen (secondary N) is 1. The molecule has 0 saturated heterocycles. The van der Waals surface area contributed by atoms with Gasteiger partial charge < -0.3 is 5.32 Å².